The molecule has 0 aliphatic carbocycles. The molecular formula is C26H26N2O5. The molecule has 0 radical (unpaired) electrons. The van der Waals surface area contributed by atoms with Crippen LogP contribution in [0.15, 0.2) is 48.5 Å². The van der Waals surface area contributed by atoms with Crippen LogP contribution in [0.4, 0.5) is 0 Å². The van der Waals surface area contributed by atoms with Gasteiger partial charge >= 0.3 is 5.97 Å². The number of aryl methyl sites for hydroxylation is 2. The molecule has 3 rings (SSSR count). The van der Waals surface area contributed by atoms with E-state index in [1.165, 1.54) is 6.07 Å². The third-order valence-corrected chi connectivity index (χ3v) is 5.51. The molecule has 0 fully saturated rings. The molecule has 0 aliphatic heterocycles. The first kappa shape index (κ1) is 23.6. The molecule has 3 aromatic rings. The highest BCUT2D eigenvalue weighted by Crippen LogP contribution is 2.28. The number of benzene rings is 2. The molecule has 0 N–H and O–H groups in total. The summed E-state index contributed by atoms with van der Waals surface area (Å²) in [6, 6.07) is 15.8. The summed E-state index contributed by atoms with van der Waals surface area (Å²) in [5.74, 6) is 0.443. The number of ether oxygens (including phenoxy) is 3. The van der Waals surface area contributed by atoms with Crippen molar-refractivity contribution in [1.29, 1.82) is 5.26 Å². The highest BCUT2D eigenvalue weighted by molar-refractivity contribution is 6.00. The van der Waals surface area contributed by atoms with E-state index in [1.807, 2.05) is 44.2 Å². The van der Waals surface area contributed by atoms with Gasteiger partial charge in [-0.05, 0) is 62.2 Å². The van der Waals surface area contributed by atoms with Crippen molar-refractivity contribution < 1.29 is 23.8 Å². The van der Waals surface area contributed by atoms with E-state index in [9.17, 15) is 9.59 Å². The van der Waals surface area contributed by atoms with Gasteiger partial charge in [0.25, 0.3) is 0 Å². The minimum absolute atomic E-state index is 0.238. The summed E-state index contributed by atoms with van der Waals surface area (Å²) in [4.78, 5) is 25.0. The van der Waals surface area contributed by atoms with Crippen molar-refractivity contribution >= 4 is 11.8 Å². The van der Waals surface area contributed by atoms with Crippen molar-refractivity contribution in [3.63, 3.8) is 0 Å². The molecular weight excluding hydrogens is 420 g/mol. The zero-order valence-corrected chi connectivity index (χ0v) is 19.2. The molecule has 0 amide bonds. The number of nitrogens with zero attached hydrogens (tertiary/aromatic N) is 2. The number of hydrogen-bond donors (Lipinski definition) is 0. The standard InChI is InChI=1S/C26H26N2O5/c1-17-12-22(23(29)16-33-26(30)21-7-5-6-20(13-21)15-27)18(2)28(17)11-10-19-8-9-24(31-3)25(14-19)32-4/h5-9,12-14H,10-11,16H2,1-4H3. The van der Waals surface area contributed by atoms with Gasteiger partial charge in [-0.1, -0.05) is 12.1 Å². The van der Waals surface area contributed by atoms with Gasteiger partial charge in [-0.15, -0.1) is 0 Å². The van der Waals surface area contributed by atoms with Crippen LogP contribution in [0.25, 0.3) is 0 Å². The minimum Gasteiger partial charge on any atom is -0.493 e. The van der Waals surface area contributed by atoms with Gasteiger partial charge in [0.1, 0.15) is 0 Å². The number of ketones is 1. The number of carbonyl (C=O) groups excluding carboxylic acids is 2. The lowest BCUT2D eigenvalue weighted by Gasteiger charge is -2.12. The van der Waals surface area contributed by atoms with Gasteiger partial charge in [-0.3, -0.25) is 4.79 Å². The van der Waals surface area contributed by atoms with E-state index in [2.05, 4.69) is 4.57 Å². The highest BCUT2D eigenvalue weighted by Gasteiger charge is 2.18. The van der Waals surface area contributed by atoms with Crippen LogP contribution in [0.1, 0.15) is 43.2 Å². The third kappa shape index (κ3) is 5.42. The molecule has 0 saturated carbocycles. The molecule has 33 heavy (non-hydrogen) atoms. The fourth-order valence-corrected chi connectivity index (χ4v) is 3.71. The van der Waals surface area contributed by atoms with Crippen LogP contribution < -0.4 is 9.47 Å². The average Bonchev–Trinajstić information content (AvgIpc) is 3.13. The van der Waals surface area contributed by atoms with Crippen LogP contribution >= 0.6 is 0 Å². The lowest BCUT2D eigenvalue weighted by atomic mass is 10.1. The maximum atomic E-state index is 12.7. The Morgan fingerprint density at radius 1 is 1.00 bits per heavy atom. The first-order valence-corrected chi connectivity index (χ1v) is 10.5. The fraction of sp³-hybridized carbons (Fsp3) is 0.269. The molecule has 7 nitrogen and oxygen atoms in total. The van der Waals surface area contributed by atoms with E-state index in [4.69, 9.17) is 19.5 Å². The van der Waals surface area contributed by atoms with Crippen molar-refractivity contribution in [2.24, 2.45) is 0 Å². The lowest BCUT2D eigenvalue weighted by Crippen LogP contribution is -2.15. The number of esters is 1. The smallest absolute Gasteiger partial charge is 0.338 e. The molecule has 0 spiro atoms. The van der Waals surface area contributed by atoms with E-state index in [0.717, 1.165) is 23.4 Å². The summed E-state index contributed by atoms with van der Waals surface area (Å²) in [6.45, 7) is 4.14. The molecule has 2 aromatic carbocycles. The monoisotopic (exact) mass is 446 g/mol. The molecule has 0 saturated heterocycles. The zero-order chi connectivity index (χ0) is 24.0. The Bertz CT molecular complexity index is 1220. The molecule has 0 aliphatic rings. The van der Waals surface area contributed by atoms with Gasteiger partial charge in [0, 0.05) is 23.5 Å². The van der Waals surface area contributed by atoms with Crippen molar-refractivity contribution in [3.05, 3.63) is 82.2 Å². The molecule has 0 unspecified atom stereocenters. The summed E-state index contributed by atoms with van der Waals surface area (Å²) in [6.07, 6.45) is 0.745. The van der Waals surface area contributed by atoms with Crippen molar-refractivity contribution in [3.8, 4) is 17.6 Å². The second-order valence-electron chi connectivity index (χ2n) is 7.57. The molecule has 0 bridgehead atoms. The summed E-state index contributed by atoms with van der Waals surface area (Å²) in [5.41, 5.74) is 3.97. The van der Waals surface area contributed by atoms with E-state index < -0.39 is 5.97 Å². The Morgan fingerprint density at radius 2 is 1.76 bits per heavy atom. The summed E-state index contributed by atoms with van der Waals surface area (Å²) >= 11 is 0. The van der Waals surface area contributed by atoms with Gasteiger partial charge in [-0.25, -0.2) is 4.79 Å². The van der Waals surface area contributed by atoms with Crippen LogP contribution in [0.5, 0.6) is 11.5 Å². The Labute approximate surface area is 193 Å². The Kier molecular flexibility index (Phi) is 7.52. The number of methoxy groups -OCH3 is 2. The van der Waals surface area contributed by atoms with Crippen LogP contribution in [-0.4, -0.2) is 37.1 Å². The SMILES string of the molecule is COc1ccc(CCn2c(C)cc(C(=O)COC(=O)c3cccc(C#N)c3)c2C)cc1OC. The number of carbonyl (C=O) groups is 2. The van der Waals surface area contributed by atoms with Gasteiger partial charge in [-0.2, -0.15) is 5.26 Å². The minimum atomic E-state index is -0.636. The molecule has 7 heteroatoms. The van der Waals surface area contributed by atoms with Crippen LogP contribution in [-0.2, 0) is 17.7 Å². The molecule has 170 valence electrons. The summed E-state index contributed by atoms with van der Waals surface area (Å²) in [7, 11) is 3.20. The van der Waals surface area contributed by atoms with Gasteiger partial charge < -0.3 is 18.8 Å². The summed E-state index contributed by atoms with van der Waals surface area (Å²) in [5, 5.41) is 8.97. The second kappa shape index (κ2) is 10.5. The van der Waals surface area contributed by atoms with E-state index >= 15 is 0 Å². The molecule has 1 aromatic heterocycles. The first-order chi connectivity index (χ1) is 15.9. The maximum Gasteiger partial charge on any atom is 0.338 e. The number of Topliss-reactive ketones (excluding diaryl/α,β-unsaturated/α-hetero) is 1. The third-order valence-electron chi connectivity index (χ3n) is 5.51. The van der Waals surface area contributed by atoms with Gasteiger partial charge in [0.15, 0.2) is 18.1 Å². The zero-order valence-electron chi connectivity index (χ0n) is 19.2. The summed E-state index contributed by atoms with van der Waals surface area (Å²) < 4.78 is 17.9. The Balaban J connectivity index is 1.66. The second-order valence-corrected chi connectivity index (χ2v) is 7.57. The number of hydrogen-bond acceptors (Lipinski definition) is 6. The normalized spacial score (nSPS) is 10.4. The van der Waals surface area contributed by atoms with Crippen molar-refractivity contribution in [2.75, 3.05) is 20.8 Å². The Morgan fingerprint density at radius 3 is 2.45 bits per heavy atom. The van der Waals surface area contributed by atoms with Gasteiger partial charge in [0.2, 0.25) is 5.78 Å². The number of rotatable bonds is 9. The average molecular weight is 447 g/mol. The van der Waals surface area contributed by atoms with Crippen LogP contribution in [0, 0.1) is 25.2 Å². The predicted molar refractivity (Wildman–Crippen MR) is 123 cm³/mol. The topological polar surface area (TPSA) is 90.5 Å². The van der Waals surface area contributed by atoms with Crippen LogP contribution in [0.3, 0.4) is 0 Å². The molecule has 0 atom stereocenters. The number of aromatic nitrogens is 1. The fourth-order valence-electron chi connectivity index (χ4n) is 3.71. The predicted octanol–water partition coefficient (Wildman–Crippen LogP) is 4.28. The largest absolute Gasteiger partial charge is 0.493 e. The molecule has 1 heterocycles. The van der Waals surface area contributed by atoms with E-state index in [1.54, 1.807) is 32.4 Å². The van der Waals surface area contributed by atoms with E-state index in [0.29, 0.717) is 29.2 Å². The van der Waals surface area contributed by atoms with E-state index in [-0.39, 0.29) is 18.0 Å². The maximum absolute atomic E-state index is 12.7. The quantitative estimate of drug-likeness (QED) is 0.360. The first-order valence-electron chi connectivity index (χ1n) is 10.5. The van der Waals surface area contributed by atoms with Crippen molar-refractivity contribution in [2.45, 2.75) is 26.8 Å². The number of nitriles is 1. The van der Waals surface area contributed by atoms with Crippen LogP contribution in [0.2, 0.25) is 0 Å². The van der Waals surface area contributed by atoms with Gasteiger partial charge in [0.05, 0.1) is 31.4 Å². The lowest BCUT2D eigenvalue weighted by molar-refractivity contribution is 0.0474. The Hall–Kier alpha value is -4.05. The highest BCUT2D eigenvalue weighted by atomic mass is 16.5. The van der Waals surface area contributed by atoms with Crippen molar-refractivity contribution in [1.82, 2.24) is 4.57 Å².